The van der Waals surface area contributed by atoms with E-state index in [1.807, 2.05) is 45.2 Å². The number of benzene rings is 1. The van der Waals surface area contributed by atoms with Gasteiger partial charge in [0.15, 0.2) is 5.82 Å². The molecule has 33 heavy (non-hydrogen) atoms. The van der Waals surface area contributed by atoms with Crippen LogP contribution in [-0.4, -0.2) is 36.3 Å². The van der Waals surface area contributed by atoms with Crippen LogP contribution in [-0.2, 0) is 17.8 Å². The molecule has 0 saturated heterocycles. The Kier molecular flexibility index (Phi) is 5.91. The number of fused-ring (bicyclic) bond motifs is 3. The van der Waals surface area contributed by atoms with E-state index in [1.165, 1.54) is 5.01 Å². The Bertz CT molecular complexity index is 1150. The van der Waals surface area contributed by atoms with Crippen molar-refractivity contribution in [2.24, 2.45) is 0 Å². The zero-order valence-corrected chi connectivity index (χ0v) is 20.7. The number of hydrogen-bond donors (Lipinski definition) is 0. The molecule has 2 aromatic heterocycles. The summed E-state index contributed by atoms with van der Waals surface area (Å²) in [5, 5.41) is 13.1. The number of ether oxygens (including phenoxy) is 1. The normalized spacial score (nSPS) is 20.7. The van der Waals surface area contributed by atoms with Crippen LogP contribution >= 0.6 is 22.9 Å². The van der Waals surface area contributed by atoms with Crippen molar-refractivity contribution in [3.8, 4) is 5.69 Å². The van der Waals surface area contributed by atoms with Gasteiger partial charge in [0, 0.05) is 28.4 Å². The van der Waals surface area contributed by atoms with Gasteiger partial charge in [0.05, 0.1) is 23.8 Å². The highest BCUT2D eigenvalue weighted by atomic mass is 35.5. The molecule has 1 fully saturated rings. The Morgan fingerprint density at radius 2 is 1.88 bits per heavy atom. The molecule has 3 aromatic rings. The van der Waals surface area contributed by atoms with Crippen LogP contribution in [0, 0.1) is 0 Å². The van der Waals surface area contributed by atoms with Crippen LogP contribution in [0.5, 0.6) is 0 Å². The fraction of sp³-hybridized carbons (Fsp3) is 0.500. The first-order valence-electron chi connectivity index (χ1n) is 11.4. The summed E-state index contributed by atoms with van der Waals surface area (Å²) in [6.45, 7) is 6.36. The molecular formula is C24H28ClN5O2S. The number of hydrogen-bond acceptors (Lipinski definition) is 6. The third-order valence-electron chi connectivity index (χ3n) is 6.28. The number of thiazole rings is 1. The van der Waals surface area contributed by atoms with Gasteiger partial charge in [0.2, 0.25) is 0 Å². The van der Waals surface area contributed by atoms with Crippen molar-refractivity contribution in [3.63, 3.8) is 0 Å². The topological polar surface area (TPSA) is 73.1 Å². The molecule has 0 N–H and O–H groups in total. The molecule has 1 saturated carbocycles. The smallest absolute Gasteiger partial charge is 0.411 e. The summed E-state index contributed by atoms with van der Waals surface area (Å²) >= 11 is 8.08. The van der Waals surface area contributed by atoms with Crippen LogP contribution in [0.25, 0.3) is 5.69 Å². The summed E-state index contributed by atoms with van der Waals surface area (Å²) in [6.07, 6.45) is 5.80. The second-order valence-corrected chi connectivity index (χ2v) is 11.2. The minimum Gasteiger partial charge on any atom is -0.444 e. The Morgan fingerprint density at radius 1 is 1.12 bits per heavy atom. The van der Waals surface area contributed by atoms with Gasteiger partial charge in [-0.3, -0.25) is 9.47 Å². The van der Waals surface area contributed by atoms with Gasteiger partial charge in [-0.15, -0.1) is 21.5 Å². The van der Waals surface area contributed by atoms with Gasteiger partial charge in [-0.05, 0) is 70.2 Å². The van der Waals surface area contributed by atoms with Crippen LogP contribution in [0.1, 0.15) is 80.5 Å². The van der Waals surface area contributed by atoms with Crippen molar-refractivity contribution in [1.29, 1.82) is 0 Å². The molecule has 9 heteroatoms. The molecular weight excluding hydrogens is 458 g/mol. The molecule has 1 aliphatic heterocycles. The van der Waals surface area contributed by atoms with Gasteiger partial charge in [-0.25, -0.2) is 9.78 Å². The highest BCUT2D eigenvalue weighted by Gasteiger charge is 2.33. The molecule has 2 aliphatic rings. The molecule has 0 spiro atoms. The van der Waals surface area contributed by atoms with Gasteiger partial charge in [0.25, 0.3) is 0 Å². The first kappa shape index (κ1) is 22.3. The number of aromatic nitrogens is 4. The van der Waals surface area contributed by atoms with E-state index < -0.39 is 5.60 Å². The van der Waals surface area contributed by atoms with Crippen molar-refractivity contribution in [2.45, 2.75) is 77.0 Å². The van der Waals surface area contributed by atoms with E-state index in [9.17, 15) is 4.79 Å². The first-order chi connectivity index (χ1) is 15.8. The van der Waals surface area contributed by atoms with E-state index in [0.29, 0.717) is 29.9 Å². The van der Waals surface area contributed by atoms with Crippen molar-refractivity contribution in [2.75, 3.05) is 0 Å². The predicted octanol–water partition coefficient (Wildman–Crippen LogP) is 6.07. The van der Waals surface area contributed by atoms with E-state index in [0.717, 1.165) is 48.6 Å². The standard InChI is InChI=1S/C24H28ClN5O2S/c1-24(2,3)32-23(31)29-13-17-12-18(25)8-9-19(17)30-20(14-29)27-28-21(30)15-4-6-16(7-5-15)22-26-10-11-33-22/h8-12,15-16H,4-7,13-14H2,1-3H3. The van der Waals surface area contributed by atoms with Crippen molar-refractivity contribution >= 4 is 29.0 Å². The molecule has 174 valence electrons. The summed E-state index contributed by atoms with van der Waals surface area (Å²) in [7, 11) is 0. The molecule has 0 unspecified atom stereocenters. The zero-order chi connectivity index (χ0) is 23.2. The Labute approximate surface area is 202 Å². The van der Waals surface area contributed by atoms with Crippen LogP contribution < -0.4 is 0 Å². The lowest BCUT2D eigenvalue weighted by atomic mass is 9.82. The maximum Gasteiger partial charge on any atom is 0.411 e. The minimum atomic E-state index is -0.574. The van der Waals surface area contributed by atoms with Crippen LogP contribution in [0.15, 0.2) is 29.8 Å². The monoisotopic (exact) mass is 485 g/mol. The highest BCUT2D eigenvalue weighted by Crippen LogP contribution is 2.42. The zero-order valence-electron chi connectivity index (χ0n) is 19.1. The van der Waals surface area contributed by atoms with E-state index >= 15 is 0 Å². The van der Waals surface area contributed by atoms with Crippen molar-refractivity contribution in [3.05, 3.63) is 57.0 Å². The SMILES string of the molecule is CC(C)(C)OC(=O)N1Cc2cc(Cl)ccc2-n2c(nnc2C2CCC(c3nccs3)CC2)C1. The number of nitrogens with zero attached hydrogens (tertiary/aromatic N) is 5. The average molecular weight is 486 g/mol. The lowest BCUT2D eigenvalue weighted by Crippen LogP contribution is -2.35. The highest BCUT2D eigenvalue weighted by molar-refractivity contribution is 7.09. The summed E-state index contributed by atoms with van der Waals surface area (Å²) < 4.78 is 7.80. The predicted molar refractivity (Wildman–Crippen MR) is 128 cm³/mol. The largest absolute Gasteiger partial charge is 0.444 e. The Hall–Kier alpha value is -2.45. The molecule has 1 aromatic carbocycles. The maximum absolute atomic E-state index is 12.9. The number of rotatable bonds is 2. The van der Waals surface area contributed by atoms with Crippen molar-refractivity contribution < 1.29 is 9.53 Å². The second kappa shape index (κ2) is 8.72. The van der Waals surface area contributed by atoms with E-state index in [2.05, 4.69) is 25.1 Å². The Morgan fingerprint density at radius 3 is 2.58 bits per heavy atom. The lowest BCUT2D eigenvalue weighted by molar-refractivity contribution is 0.0214. The molecule has 1 aliphatic carbocycles. The van der Waals surface area contributed by atoms with E-state index in [1.54, 1.807) is 16.2 Å². The van der Waals surface area contributed by atoms with Gasteiger partial charge < -0.3 is 4.74 Å². The molecule has 0 bridgehead atoms. The molecule has 3 heterocycles. The van der Waals surface area contributed by atoms with Gasteiger partial charge in [-0.1, -0.05) is 11.6 Å². The number of amides is 1. The third kappa shape index (κ3) is 4.64. The second-order valence-electron chi connectivity index (χ2n) is 9.84. The molecule has 0 radical (unpaired) electrons. The Balaban J connectivity index is 1.46. The quantitative estimate of drug-likeness (QED) is 0.440. The number of carbonyl (C=O) groups is 1. The van der Waals surface area contributed by atoms with Gasteiger partial charge >= 0.3 is 6.09 Å². The third-order valence-corrected chi connectivity index (χ3v) is 7.45. The average Bonchev–Trinajstić information content (AvgIpc) is 3.40. The lowest BCUT2D eigenvalue weighted by Gasteiger charge is -2.27. The minimum absolute atomic E-state index is 0.319. The summed E-state index contributed by atoms with van der Waals surface area (Å²) in [4.78, 5) is 19.1. The fourth-order valence-electron chi connectivity index (χ4n) is 4.78. The summed E-state index contributed by atoms with van der Waals surface area (Å²) in [6, 6.07) is 5.82. The van der Waals surface area contributed by atoms with Gasteiger partial charge in [0.1, 0.15) is 11.4 Å². The number of carbonyl (C=O) groups excluding carboxylic acids is 1. The molecule has 5 rings (SSSR count). The van der Waals surface area contributed by atoms with Crippen LogP contribution in [0.4, 0.5) is 4.79 Å². The number of halogens is 1. The summed E-state index contributed by atoms with van der Waals surface area (Å²) in [5.74, 6) is 2.57. The van der Waals surface area contributed by atoms with Gasteiger partial charge in [-0.2, -0.15) is 0 Å². The van der Waals surface area contributed by atoms with Crippen molar-refractivity contribution in [1.82, 2.24) is 24.6 Å². The molecule has 7 nitrogen and oxygen atoms in total. The van der Waals surface area contributed by atoms with Crippen LogP contribution in [0.3, 0.4) is 0 Å². The van der Waals surface area contributed by atoms with E-state index in [4.69, 9.17) is 16.3 Å². The van der Waals surface area contributed by atoms with E-state index in [-0.39, 0.29) is 6.09 Å². The summed E-state index contributed by atoms with van der Waals surface area (Å²) in [5.41, 5.74) is 1.38. The fourth-order valence-corrected chi connectivity index (χ4v) is 5.79. The molecule has 1 amide bonds. The first-order valence-corrected chi connectivity index (χ1v) is 12.6. The molecule has 0 atom stereocenters. The van der Waals surface area contributed by atoms with Crippen LogP contribution in [0.2, 0.25) is 5.02 Å². The maximum atomic E-state index is 12.9.